The van der Waals surface area contributed by atoms with Crippen LogP contribution in [0.5, 0.6) is 0 Å². The summed E-state index contributed by atoms with van der Waals surface area (Å²) in [5.74, 6) is 0.198. The van der Waals surface area contributed by atoms with Gasteiger partial charge in [0.15, 0.2) is 5.65 Å². The lowest BCUT2D eigenvalue weighted by Crippen LogP contribution is -1.98. The van der Waals surface area contributed by atoms with Gasteiger partial charge >= 0.3 is 0 Å². The second-order valence-corrected chi connectivity index (χ2v) is 5.08. The molecule has 0 bridgehead atoms. The van der Waals surface area contributed by atoms with Crippen molar-refractivity contribution in [2.24, 2.45) is 0 Å². The van der Waals surface area contributed by atoms with Crippen LogP contribution >= 0.6 is 11.6 Å². The predicted octanol–water partition coefficient (Wildman–Crippen LogP) is 3.41. The molecule has 0 atom stereocenters. The SMILES string of the molecule is Nc1nc(-c2ccc(Cl)c3ccccc23)c2[nH]cnc2n1. The molecular weight excluding hydrogens is 286 g/mol. The molecular formula is C15H10ClN5. The minimum atomic E-state index is 0.198. The standard InChI is InChI=1S/C15H10ClN5/c16-11-6-5-10(8-3-1-2-4-9(8)11)12-13-14(19-7-18-13)21-15(17)20-12/h1-7H,(H3,17,18,19,20,21). The number of nitrogens with zero attached hydrogens (tertiary/aromatic N) is 3. The van der Waals surface area contributed by atoms with Crippen LogP contribution in [0.2, 0.25) is 5.02 Å². The van der Waals surface area contributed by atoms with Crippen LogP contribution < -0.4 is 5.73 Å². The number of nitrogens with two attached hydrogens (primary N) is 1. The van der Waals surface area contributed by atoms with Gasteiger partial charge in [0, 0.05) is 16.0 Å². The van der Waals surface area contributed by atoms with E-state index in [2.05, 4.69) is 19.9 Å². The van der Waals surface area contributed by atoms with Crippen LogP contribution in [0.25, 0.3) is 33.2 Å². The summed E-state index contributed by atoms with van der Waals surface area (Å²) in [6.45, 7) is 0. The molecule has 21 heavy (non-hydrogen) atoms. The van der Waals surface area contributed by atoms with Crippen LogP contribution in [0.4, 0.5) is 5.95 Å². The number of halogens is 1. The van der Waals surface area contributed by atoms with E-state index in [1.807, 2.05) is 36.4 Å². The monoisotopic (exact) mass is 295 g/mol. The smallest absolute Gasteiger partial charge is 0.222 e. The highest BCUT2D eigenvalue weighted by Crippen LogP contribution is 2.34. The molecule has 3 N–H and O–H groups in total. The zero-order valence-corrected chi connectivity index (χ0v) is 11.6. The highest BCUT2D eigenvalue weighted by atomic mass is 35.5. The first-order chi connectivity index (χ1) is 10.2. The van der Waals surface area contributed by atoms with Crippen molar-refractivity contribution in [3.8, 4) is 11.3 Å². The number of H-pyrrole nitrogens is 1. The van der Waals surface area contributed by atoms with Crippen LogP contribution in [0.1, 0.15) is 0 Å². The summed E-state index contributed by atoms with van der Waals surface area (Å²) in [5, 5.41) is 2.69. The molecule has 0 aliphatic heterocycles. The number of hydrogen-bond donors (Lipinski definition) is 2. The van der Waals surface area contributed by atoms with Gasteiger partial charge in [-0.2, -0.15) is 4.98 Å². The highest BCUT2D eigenvalue weighted by molar-refractivity contribution is 6.36. The maximum Gasteiger partial charge on any atom is 0.222 e. The van der Waals surface area contributed by atoms with Crippen LogP contribution in [0.15, 0.2) is 42.7 Å². The zero-order chi connectivity index (χ0) is 14.4. The normalized spacial score (nSPS) is 11.3. The summed E-state index contributed by atoms with van der Waals surface area (Å²) >= 11 is 6.27. The minimum absolute atomic E-state index is 0.198. The number of nitrogens with one attached hydrogen (secondary N) is 1. The molecule has 0 spiro atoms. The topological polar surface area (TPSA) is 80.5 Å². The van der Waals surface area contributed by atoms with Gasteiger partial charge in [-0.15, -0.1) is 0 Å². The number of fused-ring (bicyclic) bond motifs is 2. The Hall–Kier alpha value is -2.66. The van der Waals surface area contributed by atoms with E-state index in [-0.39, 0.29) is 5.95 Å². The second kappa shape index (κ2) is 4.43. The fourth-order valence-corrected chi connectivity index (χ4v) is 2.74. The number of benzene rings is 2. The molecule has 0 saturated carbocycles. The Morgan fingerprint density at radius 2 is 1.81 bits per heavy atom. The summed E-state index contributed by atoms with van der Waals surface area (Å²) in [7, 11) is 0. The third kappa shape index (κ3) is 1.82. The van der Waals surface area contributed by atoms with Crippen LogP contribution in [-0.4, -0.2) is 19.9 Å². The summed E-state index contributed by atoms with van der Waals surface area (Å²) < 4.78 is 0. The number of imidazole rings is 1. The molecule has 0 saturated heterocycles. The number of nitrogen functional groups attached to an aromatic ring is 1. The first-order valence-corrected chi connectivity index (χ1v) is 6.76. The van der Waals surface area contributed by atoms with E-state index < -0.39 is 0 Å². The lowest BCUT2D eigenvalue weighted by molar-refractivity contribution is 1.22. The molecule has 4 aromatic rings. The van der Waals surface area contributed by atoms with Gasteiger partial charge in [0.25, 0.3) is 0 Å². The maximum absolute atomic E-state index is 6.27. The van der Waals surface area contributed by atoms with Crippen molar-refractivity contribution in [2.75, 3.05) is 5.73 Å². The number of aromatic nitrogens is 4. The number of rotatable bonds is 1. The van der Waals surface area contributed by atoms with Crippen LogP contribution in [0.3, 0.4) is 0 Å². The molecule has 5 nitrogen and oxygen atoms in total. The summed E-state index contributed by atoms with van der Waals surface area (Å²) in [5.41, 5.74) is 8.77. The summed E-state index contributed by atoms with van der Waals surface area (Å²) in [4.78, 5) is 15.7. The molecule has 4 rings (SSSR count). The highest BCUT2D eigenvalue weighted by Gasteiger charge is 2.14. The maximum atomic E-state index is 6.27. The van der Waals surface area contributed by atoms with Gasteiger partial charge in [0.1, 0.15) is 11.2 Å². The molecule has 2 heterocycles. The Bertz CT molecular complexity index is 976. The molecule has 0 aliphatic carbocycles. The third-order valence-corrected chi connectivity index (χ3v) is 3.76. The average molecular weight is 296 g/mol. The Morgan fingerprint density at radius 1 is 1.00 bits per heavy atom. The minimum Gasteiger partial charge on any atom is -0.368 e. The molecule has 0 amide bonds. The fourth-order valence-electron chi connectivity index (χ4n) is 2.51. The van der Waals surface area contributed by atoms with Gasteiger partial charge in [-0.3, -0.25) is 0 Å². The van der Waals surface area contributed by atoms with Crippen molar-refractivity contribution < 1.29 is 0 Å². The molecule has 0 fully saturated rings. The zero-order valence-electron chi connectivity index (χ0n) is 10.8. The molecule has 0 aliphatic rings. The van der Waals surface area contributed by atoms with Crippen molar-refractivity contribution in [3.05, 3.63) is 47.7 Å². The van der Waals surface area contributed by atoms with Crippen molar-refractivity contribution in [1.82, 2.24) is 19.9 Å². The number of anilines is 1. The van der Waals surface area contributed by atoms with Gasteiger partial charge in [0.2, 0.25) is 5.95 Å². The Kier molecular flexibility index (Phi) is 2.55. The van der Waals surface area contributed by atoms with E-state index in [1.54, 1.807) is 6.33 Å². The van der Waals surface area contributed by atoms with Gasteiger partial charge in [0.05, 0.1) is 6.33 Å². The van der Waals surface area contributed by atoms with E-state index in [1.165, 1.54) is 0 Å². The van der Waals surface area contributed by atoms with Crippen LogP contribution in [-0.2, 0) is 0 Å². The average Bonchev–Trinajstić information content (AvgIpc) is 2.95. The van der Waals surface area contributed by atoms with E-state index in [0.717, 1.165) is 27.5 Å². The molecule has 2 aromatic heterocycles. The van der Waals surface area contributed by atoms with Gasteiger partial charge in [-0.25, -0.2) is 9.97 Å². The lowest BCUT2D eigenvalue weighted by atomic mass is 10.0. The Morgan fingerprint density at radius 3 is 2.67 bits per heavy atom. The van der Waals surface area contributed by atoms with Crippen molar-refractivity contribution >= 4 is 39.5 Å². The fraction of sp³-hybridized carbons (Fsp3) is 0. The van der Waals surface area contributed by atoms with E-state index in [0.29, 0.717) is 10.7 Å². The predicted molar refractivity (Wildman–Crippen MR) is 84.0 cm³/mol. The summed E-state index contributed by atoms with van der Waals surface area (Å²) in [6, 6.07) is 11.7. The van der Waals surface area contributed by atoms with Crippen LogP contribution in [0, 0.1) is 0 Å². The Balaban J connectivity index is 2.14. The van der Waals surface area contributed by atoms with Gasteiger partial charge in [-0.1, -0.05) is 41.9 Å². The molecule has 0 radical (unpaired) electrons. The van der Waals surface area contributed by atoms with Gasteiger partial charge in [-0.05, 0) is 11.5 Å². The summed E-state index contributed by atoms with van der Waals surface area (Å²) in [6.07, 6.45) is 1.58. The van der Waals surface area contributed by atoms with Crippen molar-refractivity contribution in [1.29, 1.82) is 0 Å². The third-order valence-electron chi connectivity index (χ3n) is 3.43. The Labute approximate surface area is 124 Å². The number of hydrogen-bond acceptors (Lipinski definition) is 4. The van der Waals surface area contributed by atoms with Crippen molar-refractivity contribution in [2.45, 2.75) is 0 Å². The largest absolute Gasteiger partial charge is 0.368 e. The van der Waals surface area contributed by atoms with E-state index in [9.17, 15) is 0 Å². The van der Waals surface area contributed by atoms with Crippen molar-refractivity contribution in [3.63, 3.8) is 0 Å². The van der Waals surface area contributed by atoms with Gasteiger partial charge < -0.3 is 10.7 Å². The van der Waals surface area contributed by atoms with E-state index >= 15 is 0 Å². The quantitative estimate of drug-likeness (QED) is 0.564. The first-order valence-electron chi connectivity index (χ1n) is 6.38. The van der Waals surface area contributed by atoms with E-state index in [4.69, 9.17) is 17.3 Å². The molecule has 2 aromatic carbocycles. The first kappa shape index (κ1) is 12.1. The molecule has 6 heteroatoms. The molecule has 102 valence electrons. The number of aromatic amines is 1. The lowest BCUT2D eigenvalue weighted by Gasteiger charge is -2.08. The second-order valence-electron chi connectivity index (χ2n) is 4.67. The molecule has 0 unspecified atom stereocenters.